The van der Waals surface area contributed by atoms with Crippen molar-refractivity contribution >= 4 is 17.6 Å². The van der Waals surface area contributed by atoms with Crippen molar-refractivity contribution in [1.29, 1.82) is 0 Å². The molecule has 0 aromatic heterocycles. The lowest BCUT2D eigenvalue weighted by molar-refractivity contribution is -0.148. The fourth-order valence-electron chi connectivity index (χ4n) is 1.67. The van der Waals surface area contributed by atoms with Crippen LogP contribution in [0.5, 0.6) is 5.75 Å². The number of rotatable bonds is 5. The Bertz CT molecular complexity index is 453. The van der Waals surface area contributed by atoms with E-state index in [0.29, 0.717) is 17.4 Å². The molecule has 106 valence electrons. The third-order valence-electron chi connectivity index (χ3n) is 2.80. The normalized spacial score (nSPS) is 11.5. The summed E-state index contributed by atoms with van der Waals surface area (Å²) in [7, 11) is 0. The molecule has 1 aromatic carbocycles. The smallest absolute Gasteiger partial charge is 0.315 e. The van der Waals surface area contributed by atoms with Gasteiger partial charge in [-0.25, -0.2) is 0 Å². The quantitative estimate of drug-likeness (QED) is 0.768. The first-order chi connectivity index (χ1) is 8.78. The summed E-state index contributed by atoms with van der Waals surface area (Å²) < 4.78 is 10.7. The van der Waals surface area contributed by atoms with Crippen LogP contribution < -0.4 is 4.74 Å². The van der Waals surface area contributed by atoms with E-state index in [9.17, 15) is 4.79 Å². The first kappa shape index (κ1) is 15.8. The van der Waals surface area contributed by atoms with E-state index in [1.165, 1.54) is 0 Å². The summed E-state index contributed by atoms with van der Waals surface area (Å²) in [5.74, 6) is 0.365. The topological polar surface area (TPSA) is 35.5 Å². The molecule has 0 atom stereocenters. The van der Waals surface area contributed by atoms with E-state index in [-0.39, 0.29) is 12.1 Å². The van der Waals surface area contributed by atoms with Crippen LogP contribution in [0.3, 0.4) is 0 Å². The first-order valence-electron chi connectivity index (χ1n) is 6.43. The first-order valence-corrected chi connectivity index (χ1v) is 6.80. The zero-order valence-electron chi connectivity index (χ0n) is 12.1. The van der Waals surface area contributed by atoms with Crippen LogP contribution in [0.15, 0.2) is 18.2 Å². The maximum atomic E-state index is 11.9. The maximum Gasteiger partial charge on any atom is 0.315 e. The highest BCUT2D eigenvalue weighted by atomic mass is 35.5. The fourth-order valence-corrected chi connectivity index (χ4v) is 1.89. The SMILES string of the molecule is CCOC(=O)C(C)(C)c1ccc(OC(C)C)c(Cl)c1. The molecule has 0 aliphatic heterocycles. The van der Waals surface area contributed by atoms with Gasteiger partial charge in [-0.05, 0) is 52.3 Å². The van der Waals surface area contributed by atoms with Crippen molar-refractivity contribution < 1.29 is 14.3 Å². The number of benzene rings is 1. The summed E-state index contributed by atoms with van der Waals surface area (Å²) in [5.41, 5.74) is 0.0859. The number of ether oxygens (including phenoxy) is 2. The van der Waals surface area contributed by atoms with Crippen LogP contribution in [0.1, 0.15) is 40.2 Å². The van der Waals surface area contributed by atoms with Crippen molar-refractivity contribution in [3.05, 3.63) is 28.8 Å². The monoisotopic (exact) mass is 284 g/mol. The minimum atomic E-state index is -0.726. The number of hydrogen-bond acceptors (Lipinski definition) is 3. The van der Waals surface area contributed by atoms with E-state index >= 15 is 0 Å². The Morgan fingerprint density at radius 3 is 2.47 bits per heavy atom. The molecular weight excluding hydrogens is 264 g/mol. The third kappa shape index (κ3) is 3.87. The molecule has 0 bridgehead atoms. The lowest BCUT2D eigenvalue weighted by Crippen LogP contribution is -2.31. The Balaban J connectivity index is 3.02. The summed E-state index contributed by atoms with van der Waals surface area (Å²) in [5, 5.41) is 0.503. The molecule has 0 N–H and O–H groups in total. The highest BCUT2D eigenvalue weighted by molar-refractivity contribution is 6.32. The number of halogens is 1. The predicted octanol–water partition coefficient (Wildman–Crippen LogP) is 3.97. The highest BCUT2D eigenvalue weighted by Gasteiger charge is 2.31. The van der Waals surface area contributed by atoms with Gasteiger partial charge in [0.25, 0.3) is 0 Å². The molecule has 0 saturated heterocycles. The average Bonchev–Trinajstić information content (AvgIpc) is 2.31. The summed E-state index contributed by atoms with van der Waals surface area (Å²) in [4.78, 5) is 11.9. The third-order valence-corrected chi connectivity index (χ3v) is 3.10. The van der Waals surface area contributed by atoms with Gasteiger partial charge in [-0.15, -0.1) is 0 Å². The van der Waals surface area contributed by atoms with Crippen LogP contribution in [0, 0.1) is 0 Å². The van der Waals surface area contributed by atoms with Gasteiger partial charge in [0.1, 0.15) is 5.75 Å². The average molecular weight is 285 g/mol. The van der Waals surface area contributed by atoms with Gasteiger partial charge in [-0.2, -0.15) is 0 Å². The maximum absolute atomic E-state index is 11.9. The zero-order valence-corrected chi connectivity index (χ0v) is 12.9. The Morgan fingerprint density at radius 1 is 1.37 bits per heavy atom. The van der Waals surface area contributed by atoms with Gasteiger partial charge in [0, 0.05) is 0 Å². The van der Waals surface area contributed by atoms with E-state index in [4.69, 9.17) is 21.1 Å². The van der Waals surface area contributed by atoms with Gasteiger partial charge in [0.05, 0.1) is 23.1 Å². The summed E-state index contributed by atoms with van der Waals surface area (Å²) in [6, 6.07) is 5.40. The van der Waals surface area contributed by atoms with Gasteiger partial charge >= 0.3 is 5.97 Å². The molecule has 0 saturated carbocycles. The molecule has 3 nitrogen and oxygen atoms in total. The Morgan fingerprint density at radius 2 is 2.00 bits per heavy atom. The van der Waals surface area contributed by atoms with Gasteiger partial charge in [0.2, 0.25) is 0 Å². The highest BCUT2D eigenvalue weighted by Crippen LogP contribution is 2.32. The van der Waals surface area contributed by atoms with Crippen LogP contribution in [-0.4, -0.2) is 18.7 Å². The molecule has 0 heterocycles. The summed E-state index contributed by atoms with van der Waals surface area (Å²) in [6.45, 7) is 9.67. The molecule has 1 rings (SSSR count). The summed E-state index contributed by atoms with van der Waals surface area (Å²) >= 11 is 6.18. The van der Waals surface area contributed by atoms with Crippen molar-refractivity contribution in [1.82, 2.24) is 0 Å². The van der Waals surface area contributed by atoms with Crippen molar-refractivity contribution in [2.24, 2.45) is 0 Å². The van der Waals surface area contributed by atoms with Crippen molar-refractivity contribution in [2.45, 2.75) is 46.1 Å². The molecule has 0 spiro atoms. The van der Waals surface area contributed by atoms with Crippen molar-refractivity contribution in [3.63, 3.8) is 0 Å². The minimum absolute atomic E-state index is 0.0569. The van der Waals surface area contributed by atoms with E-state index in [0.717, 1.165) is 5.56 Å². The zero-order chi connectivity index (χ0) is 14.6. The largest absolute Gasteiger partial charge is 0.489 e. The number of carbonyl (C=O) groups excluding carboxylic acids is 1. The Hall–Kier alpha value is -1.22. The van der Waals surface area contributed by atoms with E-state index < -0.39 is 5.41 Å². The molecule has 1 aromatic rings. The minimum Gasteiger partial charge on any atom is -0.489 e. The van der Waals surface area contributed by atoms with Crippen LogP contribution >= 0.6 is 11.6 Å². The second kappa shape index (κ2) is 6.29. The molecule has 0 aliphatic rings. The molecule has 4 heteroatoms. The second-order valence-corrected chi connectivity index (χ2v) is 5.56. The fraction of sp³-hybridized carbons (Fsp3) is 0.533. The van der Waals surface area contributed by atoms with Crippen LogP contribution in [0.25, 0.3) is 0 Å². The van der Waals surface area contributed by atoms with Gasteiger partial charge in [-0.1, -0.05) is 17.7 Å². The lowest BCUT2D eigenvalue weighted by Gasteiger charge is -2.23. The Kier molecular flexibility index (Phi) is 5.24. The van der Waals surface area contributed by atoms with Crippen LogP contribution in [0.4, 0.5) is 0 Å². The van der Waals surface area contributed by atoms with E-state index in [1.54, 1.807) is 19.1 Å². The van der Waals surface area contributed by atoms with Gasteiger partial charge in [0.15, 0.2) is 0 Å². The summed E-state index contributed by atoms with van der Waals surface area (Å²) in [6.07, 6.45) is 0.0569. The molecule has 0 aliphatic carbocycles. The Labute approximate surface area is 119 Å². The molecular formula is C15H21ClO3. The molecule has 19 heavy (non-hydrogen) atoms. The van der Waals surface area contributed by atoms with Crippen LogP contribution in [0.2, 0.25) is 5.02 Å². The number of carbonyl (C=O) groups is 1. The number of esters is 1. The van der Waals surface area contributed by atoms with E-state index in [2.05, 4.69) is 0 Å². The van der Waals surface area contributed by atoms with E-state index in [1.807, 2.05) is 33.8 Å². The molecule has 0 fully saturated rings. The molecule has 0 radical (unpaired) electrons. The number of hydrogen-bond donors (Lipinski definition) is 0. The van der Waals surface area contributed by atoms with Gasteiger partial charge in [-0.3, -0.25) is 4.79 Å². The second-order valence-electron chi connectivity index (χ2n) is 5.16. The standard InChI is InChI=1S/C15H21ClO3/c1-6-18-14(17)15(4,5)11-7-8-13(12(16)9-11)19-10(2)3/h7-10H,6H2,1-5H3. The van der Waals surface area contributed by atoms with Crippen LogP contribution in [-0.2, 0) is 14.9 Å². The predicted molar refractivity (Wildman–Crippen MR) is 76.9 cm³/mol. The van der Waals surface area contributed by atoms with Crippen molar-refractivity contribution in [3.8, 4) is 5.75 Å². The molecule has 0 amide bonds. The van der Waals surface area contributed by atoms with Gasteiger partial charge < -0.3 is 9.47 Å². The van der Waals surface area contributed by atoms with Crippen molar-refractivity contribution in [2.75, 3.05) is 6.61 Å². The molecule has 0 unspecified atom stereocenters. The lowest BCUT2D eigenvalue weighted by atomic mass is 9.85.